The van der Waals surface area contributed by atoms with Crippen molar-refractivity contribution < 1.29 is 26.0 Å². The van der Waals surface area contributed by atoms with Crippen molar-refractivity contribution >= 4 is 31.4 Å². The zero-order valence-electron chi connectivity index (χ0n) is 15.7. The molecule has 0 aliphatic carbocycles. The minimum Gasteiger partial charge on any atom is -0.374 e. The molecule has 0 amide bonds. The summed E-state index contributed by atoms with van der Waals surface area (Å²) in [6.07, 6.45) is -0.573. The third kappa shape index (κ3) is 4.12. The highest BCUT2D eigenvalue weighted by Gasteiger charge is 2.47. The highest BCUT2D eigenvalue weighted by atomic mass is 32.2. The molecule has 4 rings (SSSR count). The maximum Gasteiger partial charge on any atom is 0.252 e. The summed E-state index contributed by atoms with van der Waals surface area (Å²) >= 11 is 1.12. The minimum absolute atomic E-state index is 0.00156. The Morgan fingerprint density at radius 3 is 2.76 bits per heavy atom. The quantitative estimate of drug-likeness (QED) is 0.695. The molecule has 0 bridgehead atoms. The molecule has 0 saturated carbocycles. The molecule has 2 aliphatic rings. The molecule has 1 aromatic carbocycles. The van der Waals surface area contributed by atoms with E-state index >= 15 is 0 Å². The van der Waals surface area contributed by atoms with Gasteiger partial charge in [0.15, 0.2) is 0 Å². The second kappa shape index (κ2) is 7.71. The summed E-state index contributed by atoms with van der Waals surface area (Å²) in [5.41, 5.74) is 1.21. The van der Waals surface area contributed by atoms with E-state index in [2.05, 4.69) is 0 Å². The van der Waals surface area contributed by atoms with Crippen LogP contribution in [0.3, 0.4) is 0 Å². The van der Waals surface area contributed by atoms with Crippen LogP contribution in [0.5, 0.6) is 0 Å². The molecule has 11 heteroatoms. The van der Waals surface area contributed by atoms with Gasteiger partial charge >= 0.3 is 0 Å². The van der Waals surface area contributed by atoms with Gasteiger partial charge in [-0.3, -0.25) is 0 Å². The number of nitrogens with zero attached hydrogens (tertiary/aromatic N) is 2. The van der Waals surface area contributed by atoms with E-state index in [1.54, 1.807) is 24.4 Å². The monoisotopic (exact) mass is 460 g/mol. The van der Waals surface area contributed by atoms with Crippen LogP contribution in [-0.4, -0.2) is 63.0 Å². The average molecular weight is 461 g/mol. The van der Waals surface area contributed by atoms with Gasteiger partial charge in [0.1, 0.15) is 10.0 Å². The lowest BCUT2D eigenvalue weighted by molar-refractivity contribution is 0.0480. The van der Waals surface area contributed by atoms with Crippen molar-refractivity contribution in [1.29, 1.82) is 0 Å². The fourth-order valence-corrected chi connectivity index (χ4v) is 7.94. The standard InChI is InChI=1S/C18H21FN2O5S3/c1-13-7-14(9-15(19)8-13)10-21-16-11-20(29(24,25)18-3-2-5-27-18)12-17(16)26-4-6-28(21,22)23/h2-3,5,7-9,16-17H,4,6,10-12H2,1H3/t16-,17+/m1/s1. The fourth-order valence-electron chi connectivity index (χ4n) is 3.82. The number of ether oxygens (including phenoxy) is 1. The second-order valence-corrected chi connectivity index (χ2v) is 12.4. The summed E-state index contributed by atoms with van der Waals surface area (Å²) in [5, 5.41) is 1.68. The smallest absolute Gasteiger partial charge is 0.252 e. The van der Waals surface area contributed by atoms with Gasteiger partial charge in [-0.25, -0.2) is 21.2 Å². The van der Waals surface area contributed by atoms with Crippen molar-refractivity contribution in [1.82, 2.24) is 8.61 Å². The van der Waals surface area contributed by atoms with Gasteiger partial charge in [-0.15, -0.1) is 11.3 Å². The Morgan fingerprint density at radius 2 is 2.07 bits per heavy atom. The summed E-state index contributed by atoms with van der Waals surface area (Å²) < 4.78 is 73.9. The van der Waals surface area contributed by atoms with Crippen LogP contribution in [0, 0.1) is 12.7 Å². The first kappa shape index (κ1) is 20.9. The van der Waals surface area contributed by atoms with Crippen molar-refractivity contribution in [2.75, 3.05) is 25.4 Å². The Bertz CT molecular complexity index is 1080. The van der Waals surface area contributed by atoms with E-state index in [1.165, 1.54) is 26.8 Å². The van der Waals surface area contributed by atoms with Gasteiger partial charge < -0.3 is 4.74 Å². The summed E-state index contributed by atoms with van der Waals surface area (Å²) in [6, 6.07) is 6.93. The molecule has 2 saturated heterocycles. The number of hydrogen-bond acceptors (Lipinski definition) is 6. The number of halogens is 1. The van der Waals surface area contributed by atoms with Gasteiger partial charge in [-0.05, 0) is 41.6 Å². The van der Waals surface area contributed by atoms with E-state index in [4.69, 9.17) is 4.74 Å². The van der Waals surface area contributed by atoms with Crippen LogP contribution in [0.15, 0.2) is 39.9 Å². The molecule has 2 aliphatic heterocycles. The number of thiophene rings is 1. The van der Waals surface area contributed by atoms with Crippen molar-refractivity contribution in [3.63, 3.8) is 0 Å². The van der Waals surface area contributed by atoms with Crippen molar-refractivity contribution in [2.24, 2.45) is 0 Å². The SMILES string of the molecule is Cc1cc(F)cc(CN2[C@@H]3CN(S(=O)(=O)c4cccs4)C[C@@H]3OCCS2(=O)=O)c1. The Morgan fingerprint density at radius 1 is 1.28 bits per heavy atom. The number of benzene rings is 1. The Kier molecular flexibility index (Phi) is 5.55. The van der Waals surface area contributed by atoms with Gasteiger partial charge in [0.2, 0.25) is 10.0 Å². The van der Waals surface area contributed by atoms with E-state index in [1.807, 2.05) is 0 Å². The summed E-state index contributed by atoms with van der Waals surface area (Å²) in [6.45, 7) is 1.78. The average Bonchev–Trinajstić information content (AvgIpc) is 3.27. The molecule has 2 atom stereocenters. The first-order valence-corrected chi connectivity index (χ1v) is 13.0. The number of sulfonamides is 2. The number of fused-ring (bicyclic) bond motifs is 1. The lowest BCUT2D eigenvalue weighted by Gasteiger charge is -2.28. The van der Waals surface area contributed by atoms with Crippen LogP contribution < -0.4 is 0 Å². The molecule has 1 aromatic heterocycles. The zero-order valence-corrected chi connectivity index (χ0v) is 18.1. The fraction of sp³-hybridized carbons (Fsp3) is 0.444. The first-order chi connectivity index (χ1) is 13.7. The van der Waals surface area contributed by atoms with Crippen LogP contribution in [0.4, 0.5) is 4.39 Å². The van der Waals surface area contributed by atoms with Crippen molar-refractivity contribution in [3.05, 3.63) is 52.7 Å². The second-order valence-electron chi connectivity index (χ2n) is 7.23. The highest BCUT2D eigenvalue weighted by Crippen LogP contribution is 2.31. The molecule has 3 heterocycles. The van der Waals surface area contributed by atoms with Gasteiger partial charge in [0.05, 0.1) is 24.5 Å². The van der Waals surface area contributed by atoms with Crippen LogP contribution in [-0.2, 0) is 31.3 Å². The Hall–Kier alpha value is -1.37. The highest BCUT2D eigenvalue weighted by molar-refractivity contribution is 7.91. The molecule has 158 valence electrons. The molecular formula is C18H21FN2O5S3. The van der Waals surface area contributed by atoms with Crippen molar-refractivity contribution in [2.45, 2.75) is 29.8 Å². The van der Waals surface area contributed by atoms with E-state index in [0.717, 1.165) is 11.3 Å². The minimum atomic E-state index is -3.72. The number of hydrogen-bond donors (Lipinski definition) is 0. The maximum absolute atomic E-state index is 13.8. The van der Waals surface area contributed by atoms with E-state index in [9.17, 15) is 21.2 Å². The Labute approximate surface area is 173 Å². The molecule has 2 aromatic rings. The predicted octanol–water partition coefficient (Wildman–Crippen LogP) is 1.80. The molecule has 0 radical (unpaired) electrons. The molecule has 0 unspecified atom stereocenters. The topological polar surface area (TPSA) is 84.0 Å². The normalized spacial score (nSPS) is 25.6. The van der Waals surface area contributed by atoms with Crippen LogP contribution in [0.2, 0.25) is 0 Å². The molecule has 29 heavy (non-hydrogen) atoms. The first-order valence-electron chi connectivity index (χ1n) is 9.08. The molecule has 0 N–H and O–H groups in total. The lowest BCUT2D eigenvalue weighted by atomic mass is 10.1. The summed E-state index contributed by atoms with van der Waals surface area (Å²) in [7, 11) is -7.42. The van der Waals surface area contributed by atoms with E-state index in [-0.39, 0.29) is 36.2 Å². The Balaban J connectivity index is 1.66. The molecule has 7 nitrogen and oxygen atoms in total. The van der Waals surface area contributed by atoms with Crippen molar-refractivity contribution in [3.8, 4) is 0 Å². The lowest BCUT2D eigenvalue weighted by Crippen LogP contribution is -2.45. The summed E-state index contributed by atoms with van der Waals surface area (Å²) in [4.78, 5) is 0. The zero-order chi connectivity index (χ0) is 20.8. The third-order valence-corrected chi connectivity index (χ3v) is 10.1. The third-order valence-electron chi connectivity index (χ3n) is 5.13. The van der Waals surface area contributed by atoms with Crippen LogP contribution in [0.25, 0.3) is 0 Å². The number of rotatable bonds is 4. The van der Waals surface area contributed by atoms with E-state index < -0.39 is 38.0 Å². The maximum atomic E-state index is 13.8. The largest absolute Gasteiger partial charge is 0.374 e. The molecule has 0 spiro atoms. The van der Waals surface area contributed by atoms with Gasteiger partial charge in [0, 0.05) is 19.6 Å². The summed E-state index contributed by atoms with van der Waals surface area (Å²) in [5.74, 6) is -0.625. The van der Waals surface area contributed by atoms with E-state index in [0.29, 0.717) is 11.1 Å². The molecule has 2 fully saturated rings. The predicted molar refractivity (Wildman–Crippen MR) is 107 cm³/mol. The van der Waals surface area contributed by atoms with Gasteiger partial charge in [-0.1, -0.05) is 12.1 Å². The molecular weight excluding hydrogens is 439 g/mol. The van der Waals surface area contributed by atoms with Gasteiger partial charge in [-0.2, -0.15) is 8.61 Å². The van der Waals surface area contributed by atoms with Crippen LogP contribution in [0.1, 0.15) is 11.1 Å². The number of aryl methyl sites for hydroxylation is 1. The van der Waals surface area contributed by atoms with Crippen LogP contribution >= 0.6 is 11.3 Å². The van der Waals surface area contributed by atoms with Gasteiger partial charge in [0.25, 0.3) is 10.0 Å².